The van der Waals surface area contributed by atoms with Gasteiger partial charge in [-0.25, -0.2) is 5.43 Å². The lowest BCUT2D eigenvalue weighted by atomic mass is 9.71. The van der Waals surface area contributed by atoms with Gasteiger partial charge in [-0.3, -0.25) is 10.2 Å². The van der Waals surface area contributed by atoms with E-state index in [1.54, 1.807) is 0 Å². The average Bonchev–Trinajstić information content (AvgIpc) is 2.01. The lowest BCUT2D eigenvalue weighted by Crippen LogP contribution is -2.74. The lowest BCUT2D eigenvalue weighted by Gasteiger charge is -2.50. The smallest absolute Gasteiger partial charge is 0.308 e. The first-order valence-corrected chi connectivity index (χ1v) is 4.47. The van der Waals surface area contributed by atoms with E-state index in [0.29, 0.717) is 0 Å². The van der Waals surface area contributed by atoms with Crippen LogP contribution >= 0.6 is 0 Å². The van der Waals surface area contributed by atoms with Crippen molar-refractivity contribution >= 4 is 5.97 Å². The van der Waals surface area contributed by atoms with Crippen molar-refractivity contribution in [2.45, 2.75) is 31.2 Å². The molecule has 4 nitrogen and oxygen atoms in total. The van der Waals surface area contributed by atoms with Gasteiger partial charge in [0.25, 0.3) is 0 Å². The fourth-order valence-electron chi connectivity index (χ4n) is 2.28. The molecule has 2 atom stereocenters. The second kappa shape index (κ2) is 2.71. The second-order valence-corrected chi connectivity index (χ2v) is 3.77. The van der Waals surface area contributed by atoms with E-state index in [9.17, 15) is 4.79 Å². The predicted octanol–water partition coefficient (Wildman–Crippen LogP) is 0.108. The van der Waals surface area contributed by atoms with Crippen molar-refractivity contribution in [1.82, 2.24) is 10.9 Å². The van der Waals surface area contributed by atoms with Gasteiger partial charge >= 0.3 is 5.97 Å². The van der Waals surface area contributed by atoms with E-state index in [4.69, 9.17) is 5.11 Å². The molecule has 0 aromatic carbocycles. The topological polar surface area (TPSA) is 61.4 Å². The van der Waals surface area contributed by atoms with Gasteiger partial charge in [-0.15, -0.1) is 0 Å². The van der Waals surface area contributed by atoms with E-state index in [1.807, 2.05) is 0 Å². The van der Waals surface area contributed by atoms with E-state index in [1.165, 1.54) is 0 Å². The van der Waals surface area contributed by atoms with Crippen LogP contribution in [0.2, 0.25) is 0 Å². The third-order valence-corrected chi connectivity index (χ3v) is 3.07. The van der Waals surface area contributed by atoms with Gasteiger partial charge in [0, 0.05) is 6.54 Å². The summed E-state index contributed by atoms with van der Waals surface area (Å²) in [4.78, 5) is 10.9. The molecule has 12 heavy (non-hydrogen) atoms. The molecule has 0 aromatic rings. The van der Waals surface area contributed by atoms with Crippen molar-refractivity contribution in [2.75, 3.05) is 6.54 Å². The molecule has 2 aliphatic rings. The van der Waals surface area contributed by atoms with Crippen LogP contribution in [0, 0.1) is 5.92 Å². The molecule has 3 N–H and O–H groups in total. The highest BCUT2D eigenvalue weighted by Gasteiger charge is 2.48. The molecule has 2 unspecified atom stereocenters. The Hall–Kier alpha value is -0.610. The Kier molecular flexibility index (Phi) is 1.81. The second-order valence-electron chi connectivity index (χ2n) is 3.77. The van der Waals surface area contributed by atoms with Gasteiger partial charge in [0.1, 0.15) is 0 Å². The van der Waals surface area contributed by atoms with Crippen molar-refractivity contribution in [3.8, 4) is 0 Å². The molecule has 1 saturated heterocycles. The van der Waals surface area contributed by atoms with Crippen LogP contribution in [-0.4, -0.2) is 23.2 Å². The van der Waals surface area contributed by atoms with Gasteiger partial charge in [0.15, 0.2) is 0 Å². The number of hydrazine groups is 1. The Balaban J connectivity index is 2.11. The number of carboxylic acids is 1. The number of hydrogen-bond acceptors (Lipinski definition) is 3. The summed E-state index contributed by atoms with van der Waals surface area (Å²) >= 11 is 0. The zero-order chi connectivity index (χ0) is 8.60. The van der Waals surface area contributed by atoms with Gasteiger partial charge in [-0.2, -0.15) is 0 Å². The Morgan fingerprint density at radius 3 is 2.67 bits per heavy atom. The average molecular weight is 170 g/mol. The quantitative estimate of drug-likeness (QED) is 0.522. The van der Waals surface area contributed by atoms with Crippen LogP contribution in [0.15, 0.2) is 0 Å². The molecule has 1 spiro atoms. The summed E-state index contributed by atoms with van der Waals surface area (Å²) in [6.07, 6.45) is 4.03. The fraction of sp³-hybridized carbons (Fsp3) is 0.875. The number of carboxylic acid groups (broad SMARTS) is 1. The number of aliphatic carboxylic acids is 1. The zero-order valence-corrected chi connectivity index (χ0v) is 6.97. The molecule has 0 amide bonds. The van der Waals surface area contributed by atoms with Crippen molar-refractivity contribution in [3.05, 3.63) is 0 Å². The molecule has 2 rings (SSSR count). The number of carbonyl (C=O) groups is 1. The molecule has 0 radical (unpaired) electrons. The van der Waals surface area contributed by atoms with Crippen molar-refractivity contribution in [1.29, 1.82) is 0 Å². The molecule has 0 aromatic heterocycles. The Labute approximate surface area is 71.3 Å². The highest BCUT2D eigenvalue weighted by molar-refractivity contribution is 5.72. The summed E-state index contributed by atoms with van der Waals surface area (Å²) in [5, 5.41) is 8.97. The van der Waals surface area contributed by atoms with Crippen LogP contribution in [-0.2, 0) is 4.79 Å². The van der Waals surface area contributed by atoms with Gasteiger partial charge in [0.2, 0.25) is 0 Å². The fourth-order valence-corrected chi connectivity index (χ4v) is 2.28. The normalized spacial score (nSPS) is 40.8. The molecule has 0 bridgehead atoms. The molecular formula is C8H14N2O2. The van der Waals surface area contributed by atoms with Crippen LogP contribution in [0.1, 0.15) is 25.7 Å². The van der Waals surface area contributed by atoms with E-state index >= 15 is 0 Å². The van der Waals surface area contributed by atoms with Gasteiger partial charge < -0.3 is 5.11 Å². The summed E-state index contributed by atoms with van der Waals surface area (Å²) in [6.45, 7) is 0.809. The highest BCUT2D eigenvalue weighted by Crippen LogP contribution is 2.35. The summed E-state index contributed by atoms with van der Waals surface area (Å²) in [6, 6.07) is 0. The molecule has 1 aliphatic carbocycles. The molecule has 68 valence electrons. The summed E-state index contributed by atoms with van der Waals surface area (Å²) in [5.41, 5.74) is 5.88. The van der Waals surface area contributed by atoms with E-state index in [0.717, 1.165) is 32.2 Å². The van der Waals surface area contributed by atoms with Crippen LogP contribution in [0.25, 0.3) is 0 Å². The van der Waals surface area contributed by atoms with Gasteiger partial charge in [-0.1, -0.05) is 12.8 Å². The van der Waals surface area contributed by atoms with Gasteiger partial charge in [-0.05, 0) is 12.8 Å². The Morgan fingerprint density at radius 1 is 1.50 bits per heavy atom. The highest BCUT2D eigenvalue weighted by atomic mass is 16.4. The maximum Gasteiger partial charge on any atom is 0.308 e. The Bertz CT molecular complexity index is 201. The van der Waals surface area contributed by atoms with Crippen LogP contribution in [0.3, 0.4) is 0 Å². The molecule has 2 fully saturated rings. The van der Waals surface area contributed by atoms with Crippen LogP contribution in [0.5, 0.6) is 0 Å². The maximum absolute atomic E-state index is 10.9. The molecule has 1 saturated carbocycles. The van der Waals surface area contributed by atoms with E-state index in [2.05, 4.69) is 10.9 Å². The molecular weight excluding hydrogens is 156 g/mol. The minimum absolute atomic E-state index is 0.121. The number of hydrogen-bond donors (Lipinski definition) is 3. The van der Waals surface area contributed by atoms with Crippen LogP contribution in [0.4, 0.5) is 0 Å². The first-order chi connectivity index (χ1) is 5.75. The van der Waals surface area contributed by atoms with E-state index < -0.39 is 5.97 Å². The maximum atomic E-state index is 10.9. The first kappa shape index (κ1) is 8.01. The van der Waals surface area contributed by atoms with Crippen LogP contribution < -0.4 is 10.9 Å². The third kappa shape index (κ3) is 1.03. The molecule has 4 heteroatoms. The minimum Gasteiger partial charge on any atom is -0.481 e. The summed E-state index contributed by atoms with van der Waals surface area (Å²) in [5.74, 6) is -0.837. The molecule has 1 aliphatic heterocycles. The minimum atomic E-state index is -0.649. The van der Waals surface area contributed by atoms with Crippen molar-refractivity contribution in [2.24, 2.45) is 5.92 Å². The molecule has 1 heterocycles. The Morgan fingerprint density at radius 2 is 2.25 bits per heavy atom. The largest absolute Gasteiger partial charge is 0.481 e. The zero-order valence-electron chi connectivity index (χ0n) is 6.97. The third-order valence-electron chi connectivity index (χ3n) is 3.07. The van der Waals surface area contributed by atoms with Gasteiger partial charge in [0.05, 0.1) is 11.5 Å². The summed E-state index contributed by atoms with van der Waals surface area (Å²) < 4.78 is 0. The number of nitrogens with one attached hydrogen (secondary N) is 2. The predicted molar refractivity (Wildman–Crippen MR) is 43.5 cm³/mol. The number of rotatable bonds is 1. The standard InChI is InChI=1S/C8H14N2O2/c11-7(12)6-3-1-2-4-8(6)5-9-10-8/h6,9-10H,1-5H2,(H,11,12). The lowest BCUT2D eigenvalue weighted by molar-refractivity contribution is -0.149. The van der Waals surface area contributed by atoms with Crippen molar-refractivity contribution < 1.29 is 9.90 Å². The summed E-state index contributed by atoms with van der Waals surface area (Å²) in [7, 11) is 0. The SMILES string of the molecule is O=C(O)C1CCCCC12CNN2. The van der Waals surface area contributed by atoms with E-state index in [-0.39, 0.29) is 11.5 Å². The monoisotopic (exact) mass is 170 g/mol. The van der Waals surface area contributed by atoms with Crippen molar-refractivity contribution in [3.63, 3.8) is 0 Å². The first-order valence-electron chi connectivity index (χ1n) is 4.47.